The molecule has 0 aliphatic heterocycles. The molecule has 0 saturated heterocycles. The van der Waals surface area contributed by atoms with E-state index in [-0.39, 0.29) is 23.5 Å². The molecule has 8 nitrogen and oxygen atoms in total. The number of anilines is 1. The molecule has 0 aliphatic rings. The number of nitrogens with one attached hydrogen (secondary N) is 1. The number of nitro benzene ring substituents is 1. The van der Waals surface area contributed by atoms with Crippen LogP contribution in [0, 0.1) is 10.1 Å². The summed E-state index contributed by atoms with van der Waals surface area (Å²) in [4.78, 5) is 31.2. The number of amides is 1. The molecule has 18 heavy (non-hydrogen) atoms. The third-order valence-corrected chi connectivity index (χ3v) is 2.17. The standard InChI is InChI=1S/C10H11N3O5/c11-10(16)9(15)4-12-7-2-1-6(5-14)3-8(7)13(17)18/h1-3,5,9,12,15H,4H2,(H2,11,16). The van der Waals surface area contributed by atoms with Crippen LogP contribution in [0.2, 0.25) is 0 Å². The average Bonchev–Trinajstić information content (AvgIpc) is 2.35. The van der Waals surface area contributed by atoms with Crippen molar-refractivity contribution in [1.29, 1.82) is 0 Å². The molecule has 0 heterocycles. The van der Waals surface area contributed by atoms with Crippen LogP contribution < -0.4 is 11.1 Å². The summed E-state index contributed by atoms with van der Waals surface area (Å²) >= 11 is 0. The fraction of sp³-hybridized carbons (Fsp3) is 0.200. The highest BCUT2D eigenvalue weighted by Crippen LogP contribution is 2.24. The Labute approximate surface area is 102 Å². The molecule has 0 saturated carbocycles. The van der Waals surface area contributed by atoms with Gasteiger partial charge in [-0.25, -0.2) is 0 Å². The van der Waals surface area contributed by atoms with Gasteiger partial charge in [0.15, 0.2) is 0 Å². The lowest BCUT2D eigenvalue weighted by Gasteiger charge is -2.10. The normalized spacial score (nSPS) is 11.6. The van der Waals surface area contributed by atoms with Crippen LogP contribution in [0.3, 0.4) is 0 Å². The Hall–Kier alpha value is -2.48. The summed E-state index contributed by atoms with van der Waals surface area (Å²) in [6.07, 6.45) is -0.968. The van der Waals surface area contributed by atoms with Crippen molar-refractivity contribution >= 4 is 23.6 Å². The molecule has 96 valence electrons. The van der Waals surface area contributed by atoms with Crippen molar-refractivity contribution < 1.29 is 19.6 Å². The number of benzene rings is 1. The van der Waals surface area contributed by atoms with E-state index in [2.05, 4.69) is 5.32 Å². The molecule has 4 N–H and O–H groups in total. The predicted octanol–water partition coefficient (Wildman–Crippen LogP) is -0.335. The van der Waals surface area contributed by atoms with E-state index in [1.807, 2.05) is 0 Å². The monoisotopic (exact) mass is 253 g/mol. The maximum Gasteiger partial charge on any atom is 0.293 e. The van der Waals surface area contributed by atoms with Gasteiger partial charge < -0.3 is 16.2 Å². The van der Waals surface area contributed by atoms with E-state index in [1.54, 1.807) is 0 Å². The Bertz CT molecular complexity index is 488. The Morgan fingerprint density at radius 2 is 2.28 bits per heavy atom. The zero-order valence-corrected chi connectivity index (χ0v) is 9.20. The molecule has 0 aromatic heterocycles. The second-order valence-electron chi connectivity index (χ2n) is 3.45. The van der Waals surface area contributed by atoms with Gasteiger partial charge in [-0.15, -0.1) is 0 Å². The highest BCUT2D eigenvalue weighted by molar-refractivity contribution is 5.81. The number of aliphatic hydroxyl groups excluding tert-OH is 1. The summed E-state index contributed by atoms with van der Waals surface area (Å²) in [5, 5.41) is 22.4. The number of carbonyl (C=O) groups excluding carboxylic acids is 2. The largest absolute Gasteiger partial charge is 0.381 e. The predicted molar refractivity (Wildman–Crippen MR) is 62.2 cm³/mol. The molecule has 1 rings (SSSR count). The van der Waals surface area contributed by atoms with Crippen molar-refractivity contribution in [3.63, 3.8) is 0 Å². The average molecular weight is 253 g/mol. The Morgan fingerprint density at radius 3 is 2.78 bits per heavy atom. The first-order valence-corrected chi connectivity index (χ1v) is 4.90. The Morgan fingerprint density at radius 1 is 1.61 bits per heavy atom. The van der Waals surface area contributed by atoms with Gasteiger partial charge >= 0.3 is 0 Å². The number of primary amides is 1. The number of nitrogens with zero attached hydrogens (tertiary/aromatic N) is 1. The lowest BCUT2D eigenvalue weighted by molar-refractivity contribution is -0.384. The summed E-state index contributed by atoms with van der Waals surface area (Å²) in [6, 6.07) is 3.78. The first-order chi connectivity index (χ1) is 8.45. The second-order valence-corrected chi connectivity index (χ2v) is 3.45. The van der Waals surface area contributed by atoms with Crippen molar-refractivity contribution in [3.8, 4) is 0 Å². The lowest BCUT2D eigenvalue weighted by atomic mass is 10.2. The number of hydrogen-bond acceptors (Lipinski definition) is 6. The molecule has 8 heteroatoms. The Balaban J connectivity index is 2.91. The van der Waals surface area contributed by atoms with Crippen LogP contribution in [-0.4, -0.2) is 34.9 Å². The number of aldehydes is 1. The zero-order chi connectivity index (χ0) is 13.7. The van der Waals surface area contributed by atoms with Crippen molar-refractivity contribution in [1.82, 2.24) is 0 Å². The summed E-state index contributed by atoms with van der Waals surface area (Å²) in [5.74, 6) is -0.935. The van der Waals surface area contributed by atoms with E-state index in [4.69, 9.17) is 10.8 Å². The minimum absolute atomic E-state index is 0.0888. The summed E-state index contributed by atoms with van der Waals surface area (Å²) in [5.41, 5.74) is 4.76. The SMILES string of the molecule is NC(=O)C(O)CNc1ccc(C=O)cc1[N+](=O)[O-]. The fourth-order valence-electron chi connectivity index (χ4n) is 1.23. The van der Waals surface area contributed by atoms with Gasteiger partial charge in [0, 0.05) is 11.6 Å². The van der Waals surface area contributed by atoms with Gasteiger partial charge in [0.25, 0.3) is 5.69 Å². The molecule has 0 bridgehead atoms. The molecule has 0 fully saturated rings. The number of carbonyl (C=O) groups is 2. The quantitative estimate of drug-likeness (QED) is 0.360. The number of rotatable bonds is 6. The van der Waals surface area contributed by atoms with Gasteiger partial charge in [0.05, 0.1) is 11.5 Å². The number of aliphatic hydroxyl groups is 1. The highest BCUT2D eigenvalue weighted by atomic mass is 16.6. The van der Waals surface area contributed by atoms with E-state index in [0.717, 1.165) is 6.07 Å². The summed E-state index contributed by atoms with van der Waals surface area (Å²) in [7, 11) is 0. The van der Waals surface area contributed by atoms with Crippen LogP contribution in [-0.2, 0) is 4.79 Å². The molecular weight excluding hydrogens is 242 g/mol. The molecule has 1 amide bonds. The first kappa shape index (κ1) is 13.6. The van der Waals surface area contributed by atoms with E-state index in [9.17, 15) is 19.7 Å². The van der Waals surface area contributed by atoms with Crippen molar-refractivity contribution in [3.05, 3.63) is 33.9 Å². The van der Waals surface area contributed by atoms with E-state index in [0.29, 0.717) is 6.29 Å². The molecule has 0 radical (unpaired) electrons. The summed E-state index contributed by atoms with van der Waals surface area (Å²) < 4.78 is 0. The third-order valence-electron chi connectivity index (χ3n) is 2.17. The number of nitrogens with two attached hydrogens (primary N) is 1. The van der Waals surface area contributed by atoms with Crippen LogP contribution in [0.5, 0.6) is 0 Å². The summed E-state index contributed by atoms with van der Waals surface area (Å²) in [6.45, 7) is -0.253. The molecule has 1 aromatic rings. The van der Waals surface area contributed by atoms with Crippen LogP contribution in [0.4, 0.5) is 11.4 Å². The number of hydrogen-bond donors (Lipinski definition) is 3. The van der Waals surface area contributed by atoms with Gasteiger partial charge in [0.2, 0.25) is 5.91 Å². The van der Waals surface area contributed by atoms with Gasteiger partial charge in [-0.1, -0.05) is 0 Å². The fourth-order valence-corrected chi connectivity index (χ4v) is 1.23. The van der Waals surface area contributed by atoms with Crippen molar-refractivity contribution in [2.45, 2.75) is 6.10 Å². The molecule has 1 atom stereocenters. The minimum atomic E-state index is -1.45. The van der Waals surface area contributed by atoms with E-state index < -0.39 is 16.9 Å². The van der Waals surface area contributed by atoms with Gasteiger partial charge in [0.1, 0.15) is 18.1 Å². The minimum Gasteiger partial charge on any atom is -0.381 e. The van der Waals surface area contributed by atoms with Crippen molar-refractivity contribution in [2.75, 3.05) is 11.9 Å². The van der Waals surface area contributed by atoms with Crippen LogP contribution in [0.1, 0.15) is 10.4 Å². The van der Waals surface area contributed by atoms with Crippen LogP contribution >= 0.6 is 0 Å². The second kappa shape index (κ2) is 5.73. The topological polar surface area (TPSA) is 136 Å². The van der Waals surface area contributed by atoms with Crippen LogP contribution in [0.25, 0.3) is 0 Å². The molecule has 0 aliphatic carbocycles. The Kier molecular flexibility index (Phi) is 4.33. The van der Waals surface area contributed by atoms with Gasteiger partial charge in [-0.05, 0) is 12.1 Å². The zero-order valence-electron chi connectivity index (χ0n) is 9.20. The molecule has 1 aromatic carbocycles. The van der Waals surface area contributed by atoms with E-state index >= 15 is 0 Å². The van der Waals surface area contributed by atoms with E-state index in [1.165, 1.54) is 12.1 Å². The van der Waals surface area contributed by atoms with Crippen LogP contribution in [0.15, 0.2) is 18.2 Å². The first-order valence-electron chi connectivity index (χ1n) is 4.90. The third kappa shape index (κ3) is 3.25. The van der Waals surface area contributed by atoms with Crippen molar-refractivity contribution in [2.24, 2.45) is 5.73 Å². The van der Waals surface area contributed by atoms with Gasteiger partial charge in [-0.3, -0.25) is 19.7 Å². The lowest BCUT2D eigenvalue weighted by Crippen LogP contribution is -2.34. The highest BCUT2D eigenvalue weighted by Gasteiger charge is 2.17. The smallest absolute Gasteiger partial charge is 0.293 e. The maximum atomic E-state index is 10.8. The molecular formula is C10H11N3O5. The molecule has 0 spiro atoms. The maximum absolute atomic E-state index is 10.8. The molecule has 1 unspecified atom stereocenters. The van der Waals surface area contributed by atoms with Gasteiger partial charge in [-0.2, -0.15) is 0 Å². The number of nitro groups is 1.